The van der Waals surface area contributed by atoms with Crippen LogP contribution in [0.15, 0.2) is 42.5 Å². The second kappa shape index (κ2) is 9.31. The van der Waals surface area contributed by atoms with Crippen molar-refractivity contribution in [1.82, 2.24) is 5.32 Å². The van der Waals surface area contributed by atoms with Crippen LogP contribution in [0.5, 0.6) is 5.75 Å². The Hall–Kier alpha value is -2.54. The van der Waals surface area contributed by atoms with Crippen molar-refractivity contribution in [3.8, 4) is 5.75 Å². The second-order valence-corrected chi connectivity index (χ2v) is 7.35. The molecule has 2 aromatic carbocycles. The first kappa shape index (κ1) is 22.7. The zero-order valence-electron chi connectivity index (χ0n) is 16.1. The molecule has 0 heterocycles. The molecule has 2 rings (SSSR count). The molecule has 0 aliphatic carbocycles. The molecule has 0 aromatic heterocycles. The molecule has 1 N–H and O–H groups in total. The van der Waals surface area contributed by atoms with Gasteiger partial charge in [0.1, 0.15) is 12.4 Å². The lowest BCUT2D eigenvalue weighted by Crippen LogP contribution is -2.43. The normalized spacial score (nSPS) is 12.6. The number of hydrogen-bond donors (Lipinski definition) is 1. The van der Waals surface area contributed by atoms with E-state index in [2.05, 4.69) is 5.32 Å². The number of hydrogen-bond acceptors (Lipinski definition) is 3. The fourth-order valence-corrected chi connectivity index (χ4v) is 2.96. The molecular weight excluding hydrogens is 407 g/mol. The van der Waals surface area contributed by atoms with Gasteiger partial charge in [-0.15, -0.1) is 0 Å². The fraction of sp³-hybridized carbons (Fsp3) is 0.333. The van der Waals surface area contributed by atoms with E-state index in [0.29, 0.717) is 11.1 Å². The number of nitrogens with one attached hydrogen (secondary N) is 1. The van der Waals surface area contributed by atoms with Gasteiger partial charge in [-0.1, -0.05) is 37.6 Å². The number of Topliss-reactive ketones (excluding diaryl/α,β-unsaturated/α-hetero) is 1. The smallest absolute Gasteiger partial charge is 0.416 e. The van der Waals surface area contributed by atoms with E-state index in [1.807, 2.05) is 13.8 Å². The van der Waals surface area contributed by atoms with Crippen molar-refractivity contribution in [3.63, 3.8) is 0 Å². The summed E-state index contributed by atoms with van der Waals surface area (Å²) in [7, 11) is 0. The van der Waals surface area contributed by atoms with Gasteiger partial charge in [-0.2, -0.15) is 13.2 Å². The van der Waals surface area contributed by atoms with Gasteiger partial charge in [0.15, 0.2) is 5.78 Å². The minimum atomic E-state index is -4.49. The molecule has 8 heteroatoms. The lowest BCUT2D eigenvalue weighted by molar-refractivity contribution is -0.137. The predicted octanol–water partition coefficient (Wildman–Crippen LogP) is 5.28. The third-order valence-corrected chi connectivity index (χ3v) is 4.53. The number of alkyl halides is 3. The van der Waals surface area contributed by atoms with Crippen LogP contribution in [0.2, 0.25) is 5.02 Å². The second-order valence-electron chi connectivity index (χ2n) is 6.94. The van der Waals surface area contributed by atoms with Crippen molar-refractivity contribution in [1.29, 1.82) is 0 Å². The number of ketones is 1. The van der Waals surface area contributed by atoms with Gasteiger partial charge in [0, 0.05) is 5.56 Å². The van der Waals surface area contributed by atoms with Gasteiger partial charge in [0.25, 0.3) is 5.91 Å². The van der Waals surface area contributed by atoms with E-state index in [9.17, 15) is 22.8 Å². The number of halogens is 4. The Balaban J connectivity index is 2.09. The Bertz CT molecular complexity index is 897. The first-order chi connectivity index (χ1) is 13.5. The van der Waals surface area contributed by atoms with E-state index < -0.39 is 23.7 Å². The largest absolute Gasteiger partial charge is 0.487 e. The summed E-state index contributed by atoms with van der Waals surface area (Å²) in [4.78, 5) is 24.1. The monoisotopic (exact) mass is 427 g/mol. The summed E-state index contributed by atoms with van der Waals surface area (Å²) in [5.74, 6) is -0.478. The van der Waals surface area contributed by atoms with Gasteiger partial charge in [-0.3, -0.25) is 9.59 Å². The Kier molecular flexibility index (Phi) is 7.30. The van der Waals surface area contributed by atoms with Crippen LogP contribution in [0.1, 0.15) is 42.3 Å². The minimum absolute atomic E-state index is 0.00647. The van der Waals surface area contributed by atoms with Crippen molar-refractivity contribution in [2.45, 2.75) is 39.6 Å². The van der Waals surface area contributed by atoms with Crippen molar-refractivity contribution in [2.24, 2.45) is 5.92 Å². The molecule has 0 saturated heterocycles. The maximum Gasteiger partial charge on any atom is 0.416 e. The topological polar surface area (TPSA) is 55.4 Å². The molecule has 0 spiro atoms. The maximum atomic E-state index is 12.7. The van der Waals surface area contributed by atoms with E-state index in [0.717, 1.165) is 18.2 Å². The highest BCUT2D eigenvalue weighted by Crippen LogP contribution is 2.34. The van der Waals surface area contributed by atoms with Crippen molar-refractivity contribution >= 4 is 23.3 Å². The Morgan fingerprint density at radius 2 is 1.83 bits per heavy atom. The maximum absolute atomic E-state index is 12.7. The zero-order valence-corrected chi connectivity index (χ0v) is 16.9. The fourth-order valence-electron chi connectivity index (χ4n) is 2.72. The van der Waals surface area contributed by atoms with Gasteiger partial charge in [-0.25, -0.2) is 0 Å². The number of carbonyl (C=O) groups is 2. The molecule has 4 nitrogen and oxygen atoms in total. The van der Waals surface area contributed by atoms with Crippen LogP contribution in [0.4, 0.5) is 13.2 Å². The van der Waals surface area contributed by atoms with E-state index in [4.69, 9.17) is 16.3 Å². The molecule has 0 aliphatic heterocycles. The molecule has 0 aliphatic rings. The van der Waals surface area contributed by atoms with Crippen LogP contribution in [-0.2, 0) is 17.6 Å². The first-order valence-corrected chi connectivity index (χ1v) is 9.26. The molecule has 29 heavy (non-hydrogen) atoms. The molecule has 1 atom stereocenters. The highest BCUT2D eigenvalue weighted by molar-refractivity contribution is 6.32. The SMILES string of the molecule is CC(=O)[C@@H](NC(=O)c1cccc(COc2ccc(C(F)(F)F)cc2Cl)c1)C(C)C. The highest BCUT2D eigenvalue weighted by Gasteiger charge is 2.31. The Morgan fingerprint density at radius 3 is 2.38 bits per heavy atom. The van der Waals surface area contributed by atoms with E-state index in [1.54, 1.807) is 24.3 Å². The summed E-state index contributed by atoms with van der Waals surface area (Å²) in [6.45, 7) is 5.10. The first-order valence-electron chi connectivity index (χ1n) is 8.89. The molecule has 0 radical (unpaired) electrons. The standard InChI is InChI=1S/C21H21ClF3NO3/c1-12(2)19(13(3)27)26-20(28)15-6-4-5-14(9-15)11-29-18-8-7-16(10-17(18)22)21(23,24)25/h4-10,12,19H,11H2,1-3H3,(H,26,28)/t19-/m0/s1. The van der Waals surface area contributed by atoms with Crippen LogP contribution in [-0.4, -0.2) is 17.7 Å². The minimum Gasteiger partial charge on any atom is -0.487 e. The van der Waals surface area contributed by atoms with Crippen LogP contribution in [0.25, 0.3) is 0 Å². The molecule has 156 valence electrons. The summed E-state index contributed by atoms with van der Waals surface area (Å²) >= 11 is 5.88. The number of ether oxygens (including phenoxy) is 1. The Labute approximate surface area is 172 Å². The lowest BCUT2D eigenvalue weighted by atomic mass is 10.00. The number of amides is 1. The summed E-state index contributed by atoms with van der Waals surface area (Å²) in [6, 6.07) is 8.80. The molecule has 0 saturated carbocycles. The van der Waals surface area contributed by atoms with Crippen LogP contribution < -0.4 is 10.1 Å². The van der Waals surface area contributed by atoms with Crippen molar-refractivity contribution < 1.29 is 27.5 Å². The lowest BCUT2D eigenvalue weighted by Gasteiger charge is -2.19. The van der Waals surface area contributed by atoms with Gasteiger partial charge < -0.3 is 10.1 Å². The van der Waals surface area contributed by atoms with Gasteiger partial charge in [0.05, 0.1) is 16.6 Å². The molecule has 2 aromatic rings. The summed E-state index contributed by atoms with van der Waals surface area (Å²) < 4.78 is 43.6. The third kappa shape index (κ3) is 6.22. The molecule has 1 amide bonds. The molecule has 0 fully saturated rings. The molecule has 0 unspecified atom stereocenters. The van der Waals surface area contributed by atoms with Crippen LogP contribution in [0.3, 0.4) is 0 Å². The average Bonchev–Trinajstić information content (AvgIpc) is 2.63. The van der Waals surface area contributed by atoms with E-state index >= 15 is 0 Å². The Morgan fingerprint density at radius 1 is 1.14 bits per heavy atom. The van der Waals surface area contributed by atoms with Crippen molar-refractivity contribution in [2.75, 3.05) is 0 Å². The van der Waals surface area contributed by atoms with Gasteiger partial charge in [0.2, 0.25) is 0 Å². The van der Waals surface area contributed by atoms with Crippen LogP contribution in [0, 0.1) is 5.92 Å². The third-order valence-electron chi connectivity index (χ3n) is 4.23. The molecular formula is C21H21ClF3NO3. The van der Waals surface area contributed by atoms with Gasteiger partial charge >= 0.3 is 6.18 Å². The summed E-state index contributed by atoms with van der Waals surface area (Å²) in [6.07, 6.45) is -4.49. The highest BCUT2D eigenvalue weighted by atomic mass is 35.5. The predicted molar refractivity (Wildman–Crippen MR) is 104 cm³/mol. The quantitative estimate of drug-likeness (QED) is 0.654. The van der Waals surface area contributed by atoms with Crippen molar-refractivity contribution in [3.05, 3.63) is 64.2 Å². The number of benzene rings is 2. The van der Waals surface area contributed by atoms with E-state index in [-0.39, 0.29) is 29.1 Å². The van der Waals surface area contributed by atoms with E-state index in [1.165, 1.54) is 6.92 Å². The summed E-state index contributed by atoms with van der Waals surface area (Å²) in [5.41, 5.74) is 0.104. The van der Waals surface area contributed by atoms with Gasteiger partial charge in [-0.05, 0) is 48.7 Å². The summed E-state index contributed by atoms with van der Waals surface area (Å²) in [5, 5.41) is 2.55. The molecule has 0 bridgehead atoms. The number of carbonyl (C=O) groups excluding carboxylic acids is 2. The van der Waals surface area contributed by atoms with Crippen LogP contribution >= 0.6 is 11.6 Å². The number of rotatable bonds is 7. The average molecular weight is 428 g/mol. The zero-order chi connectivity index (χ0) is 21.8.